The van der Waals surface area contributed by atoms with Gasteiger partial charge in [0.15, 0.2) is 0 Å². The Morgan fingerprint density at radius 3 is 2.57 bits per heavy atom. The molecular formula is C27H39F2N. The van der Waals surface area contributed by atoms with E-state index in [9.17, 15) is 4.39 Å². The molecule has 1 aromatic carbocycles. The van der Waals surface area contributed by atoms with Gasteiger partial charge in [-0.3, -0.25) is 0 Å². The summed E-state index contributed by atoms with van der Waals surface area (Å²) in [6.07, 6.45) is 11.5. The van der Waals surface area contributed by atoms with Crippen LogP contribution in [0.3, 0.4) is 0 Å². The smallest absolute Gasteiger partial charge is 0.123 e. The molecule has 1 nitrogen and oxygen atoms in total. The third-order valence-corrected chi connectivity index (χ3v) is 10.2. The van der Waals surface area contributed by atoms with E-state index in [4.69, 9.17) is 0 Å². The fourth-order valence-electron chi connectivity index (χ4n) is 8.54. The summed E-state index contributed by atoms with van der Waals surface area (Å²) in [5.41, 5.74) is 0.527. The Morgan fingerprint density at radius 1 is 0.967 bits per heavy atom. The molecule has 4 saturated carbocycles. The minimum Gasteiger partial charge on any atom is -0.385 e. The standard InChI is InChI=1S/C27H39F2N/c1-18-11-15-27(29)20(17-18)3-9-23-24-10-4-19(26(24,2)14-12-25(23)27)13-16-30-22-7-5-21(28)6-8-22/h5-8,18-20,23-25,30H,3-4,9-17H2,1-2H3/t18-,19+,20+,23-,24?,25?,26+,27+/m0/s1. The summed E-state index contributed by atoms with van der Waals surface area (Å²) in [7, 11) is 0. The van der Waals surface area contributed by atoms with Gasteiger partial charge in [0, 0.05) is 12.2 Å². The normalized spacial score (nSPS) is 45.3. The molecule has 8 atom stereocenters. The van der Waals surface area contributed by atoms with Crippen molar-refractivity contribution in [1.82, 2.24) is 0 Å². The van der Waals surface area contributed by atoms with Gasteiger partial charge < -0.3 is 5.32 Å². The third kappa shape index (κ3) is 3.39. The topological polar surface area (TPSA) is 12.0 Å². The molecule has 4 aliphatic carbocycles. The monoisotopic (exact) mass is 415 g/mol. The molecule has 1 N–H and O–H groups in total. The van der Waals surface area contributed by atoms with E-state index in [0.717, 1.165) is 56.2 Å². The Labute approximate surface area is 181 Å². The summed E-state index contributed by atoms with van der Waals surface area (Å²) in [4.78, 5) is 0. The number of anilines is 1. The number of rotatable bonds is 4. The summed E-state index contributed by atoms with van der Waals surface area (Å²) in [5, 5.41) is 3.49. The van der Waals surface area contributed by atoms with Crippen molar-refractivity contribution in [3.05, 3.63) is 30.1 Å². The lowest BCUT2D eigenvalue weighted by atomic mass is 9.48. The van der Waals surface area contributed by atoms with Crippen LogP contribution in [0.25, 0.3) is 0 Å². The van der Waals surface area contributed by atoms with Gasteiger partial charge >= 0.3 is 0 Å². The first-order chi connectivity index (χ1) is 14.4. The molecule has 0 amide bonds. The molecule has 4 aliphatic rings. The van der Waals surface area contributed by atoms with Crippen LogP contribution >= 0.6 is 0 Å². The van der Waals surface area contributed by atoms with Crippen molar-refractivity contribution < 1.29 is 8.78 Å². The van der Waals surface area contributed by atoms with Crippen LogP contribution < -0.4 is 5.32 Å². The van der Waals surface area contributed by atoms with Gasteiger partial charge in [0.2, 0.25) is 0 Å². The van der Waals surface area contributed by atoms with Crippen LogP contribution in [0.15, 0.2) is 24.3 Å². The molecular weight excluding hydrogens is 376 g/mol. The molecule has 0 spiro atoms. The number of halogens is 2. The van der Waals surface area contributed by atoms with E-state index in [2.05, 4.69) is 19.2 Å². The average molecular weight is 416 g/mol. The minimum absolute atomic E-state index is 0.184. The van der Waals surface area contributed by atoms with Crippen molar-refractivity contribution in [2.45, 2.75) is 83.7 Å². The first-order valence-corrected chi connectivity index (χ1v) is 12.6. The second kappa shape index (κ2) is 7.78. The van der Waals surface area contributed by atoms with E-state index >= 15 is 4.39 Å². The molecule has 0 bridgehead atoms. The lowest BCUT2D eigenvalue weighted by Crippen LogP contribution is -2.56. The second-order valence-corrected chi connectivity index (χ2v) is 11.5. The summed E-state index contributed by atoms with van der Waals surface area (Å²) in [5.74, 6) is 3.27. The summed E-state index contributed by atoms with van der Waals surface area (Å²) in [6.45, 7) is 5.80. The molecule has 166 valence electrons. The van der Waals surface area contributed by atoms with Crippen LogP contribution in [-0.2, 0) is 0 Å². The van der Waals surface area contributed by atoms with Gasteiger partial charge in [0.1, 0.15) is 11.5 Å². The summed E-state index contributed by atoms with van der Waals surface area (Å²) < 4.78 is 29.5. The number of hydrogen-bond acceptors (Lipinski definition) is 1. The molecule has 0 saturated heterocycles. The summed E-state index contributed by atoms with van der Waals surface area (Å²) in [6, 6.07) is 6.69. The van der Waals surface area contributed by atoms with Crippen molar-refractivity contribution in [1.29, 1.82) is 0 Å². The largest absolute Gasteiger partial charge is 0.385 e. The van der Waals surface area contributed by atoms with Crippen LogP contribution in [0.2, 0.25) is 0 Å². The second-order valence-electron chi connectivity index (χ2n) is 11.5. The summed E-state index contributed by atoms with van der Waals surface area (Å²) >= 11 is 0. The van der Waals surface area contributed by atoms with Crippen LogP contribution in [0.5, 0.6) is 0 Å². The molecule has 1 aromatic rings. The van der Waals surface area contributed by atoms with Gasteiger partial charge in [-0.05, 0) is 129 Å². The predicted octanol–water partition coefficient (Wildman–Crippen LogP) is 7.62. The molecule has 0 aliphatic heterocycles. The molecule has 0 radical (unpaired) electrons. The molecule has 2 unspecified atom stereocenters. The van der Waals surface area contributed by atoms with Crippen molar-refractivity contribution >= 4 is 5.69 Å². The van der Waals surface area contributed by atoms with E-state index in [1.807, 2.05) is 12.1 Å². The fraction of sp³-hybridized carbons (Fsp3) is 0.778. The van der Waals surface area contributed by atoms with Gasteiger partial charge in [0.05, 0.1) is 0 Å². The van der Waals surface area contributed by atoms with Crippen molar-refractivity contribution in [3.8, 4) is 0 Å². The van der Waals surface area contributed by atoms with Crippen LogP contribution in [-0.4, -0.2) is 12.2 Å². The van der Waals surface area contributed by atoms with Crippen LogP contribution in [0.1, 0.15) is 78.1 Å². The predicted molar refractivity (Wildman–Crippen MR) is 120 cm³/mol. The van der Waals surface area contributed by atoms with Crippen molar-refractivity contribution in [3.63, 3.8) is 0 Å². The van der Waals surface area contributed by atoms with E-state index < -0.39 is 5.67 Å². The van der Waals surface area contributed by atoms with Crippen LogP contribution in [0.4, 0.5) is 14.5 Å². The highest BCUT2D eigenvalue weighted by Gasteiger charge is 2.61. The van der Waals surface area contributed by atoms with E-state index in [1.54, 1.807) is 0 Å². The zero-order chi connectivity index (χ0) is 20.9. The zero-order valence-corrected chi connectivity index (χ0v) is 18.8. The van der Waals surface area contributed by atoms with Gasteiger partial charge in [0.25, 0.3) is 0 Å². The maximum atomic E-state index is 16.4. The van der Waals surface area contributed by atoms with Crippen molar-refractivity contribution in [2.24, 2.45) is 40.9 Å². The lowest BCUT2D eigenvalue weighted by molar-refractivity contribution is -0.139. The molecule has 3 heteroatoms. The number of alkyl halides is 1. The highest BCUT2D eigenvalue weighted by atomic mass is 19.1. The van der Waals surface area contributed by atoms with E-state index in [1.165, 1.54) is 44.2 Å². The molecule has 5 rings (SSSR count). The maximum Gasteiger partial charge on any atom is 0.123 e. The minimum atomic E-state index is -0.862. The number of fused-ring (bicyclic) bond motifs is 5. The number of nitrogens with one attached hydrogen (secondary N) is 1. The van der Waals surface area contributed by atoms with Gasteiger partial charge in [-0.2, -0.15) is 0 Å². The SMILES string of the molecule is C[C@H]1CC[C@]2(F)C3CC[C@@]4(C)C(CC[C@@H]4CCNc4ccc(F)cc4)[C@@H]3CC[C@@H]2C1. The first kappa shape index (κ1) is 20.8. The number of benzene rings is 1. The Morgan fingerprint density at radius 2 is 1.77 bits per heavy atom. The maximum absolute atomic E-state index is 16.4. The average Bonchev–Trinajstić information content (AvgIpc) is 3.06. The zero-order valence-electron chi connectivity index (χ0n) is 18.8. The third-order valence-electron chi connectivity index (χ3n) is 10.2. The molecule has 0 heterocycles. The lowest BCUT2D eigenvalue weighted by Gasteiger charge is -2.58. The highest BCUT2D eigenvalue weighted by molar-refractivity contribution is 5.42. The Bertz CT molecular complexity index is 748. The van der Waals surface area contributed by atoms with Crippen LogP contribution in [0, 0.1) is 46.7 Å². The van der Waals surface area contributed by atoms with Crippen molar-refractivity contribution in [2.75, 3.05) is 11.9 Å². The molecule has 4 fully saturated rings. The quantitative estimate of drug-likeness (QED) is 0.533. The Kier molecular flexibility index (Phi) is 5.39. The highest BCUT2D eigenvalue weighted by Crippen LogP contribution is 2.66. The number of hydrogen-bond donors (Lipinski definition) is 1. The molecule has 0 aromatic heterocycles. The van der Waals surface area contributed by atoms with Gasteiger partial charge in [-0.1, -0.05) is 13.8 Å². The van der Waals surface area contributed by atoms with E-state index in [-0.39, 0.29) is 5.82 Å². The molecule has 30 heavy (non-hydrogen) atoms. The first-order valence-electron chi connectivity index (χ1n) is 12.6. The fourth-order valence-corrected chi connectivity index (χ4v) is 8.54. The van der Waals surface area contributed by atoms with Gasteiger partial charge in [-0.25, -0.2) is 8.78 Å². The van der Waals surface area contributed by atoms with Gasteiger partial charge in [-0.15, -0.1) is 0 Å². The Hall–Kier alpha value is -1.12. The Balaban J connectivity index is 1.24. The van der Waals surface area contributed by atoms with E-state index in [0.29, 0.717) is 29.1 Å².